The first kappa shape index (κ1) is 21.3. The van der Waals surface area contributed by atoms with Gasteiger partial charge < -0.3 is 5.11 Å². The van der Waals surface area contributed by atoms with Gasteiger partial charge in [-0.1, -0.05) is 66.5 Å². The number of fused-ring (bicyclic) bond motifs is 3. The molecule has 1 aliphatic heterocycles. The van der Waals surface area contributed by atoms with Gasteiger partial charge in [-0.05, 0) is 37.1 Å². The zero-order chi connectivity index (χ0) is 22.0. The number of aryl methyl sites for hydroxylation is 1. The molecule has 0 fully saturated rings. The largest absolute Gasteiger partial charge is 0.854 e. The van der Waals surface area contributed by atoms with E-state index in [0.29, 0.717) is 22.1 Å². The molecular formula is C24H26N4O2S. The minimum Gasteiger partial charge on any atom is -0.854 e. The van der Waals surface area contributed by atoms with Crippen LogP contribution in [0.4, 0.5) is 5.69 Å². The van der Waals surface area contributed by atoms with Crippen molar-refractivity contribution in [2.45, 2.75) is 51.4 Å². The molecular weight excluding hydrogens is 408 g/mol. The van der Waals surface area contributed by atoms with Crippen LogP contribution in [0.25, 0.3) is 11.3 Å². The maximum atomic E-state index is 13.2. The fraction of sp³-hybridized carbons (Fsp3) is 0.333. The van der Waals surface area contributed by atoms with E-state index in [1.165, 1.54) is 11.8 Å². The fourth-order valence-electron chi connectivity index (χ4n) is 4.01. The molecule has 7 heteroatoms. The Morgan fingerprint density at radius 3 is 2.65 bits per heavy atom. The summed E-state index contributed by atoms with van der Waals surface area (Å²) in [4.78, 5) is 18.9. The Kier molecular flexibility index (Phi) is 6.23. The number of nitrogens with zero attached hydrogens (tertiary/aromatic N) is 4. The van der Waals surface area contributed by atoms with Gasteiger partial charge in [-0.3, -0.25) is 4.79 Å². The van der Waals surface area contributed by atoms with Gasteiger partial charge in [0.15, 0.2) is 0 Å². The quantitative estimate of drug-likeness (QED) is 0.333. The van der Waals surface area contributed by atoms with Crippen LogP contribution in [-0.4, -0.2) is 21.7 Å². The molecule has 0 radical (unpaired) electrons. The van der Waals surface area contributed by atoms with Crippen molar-refractivity contribution in [2.75, 3.05) is 10.7 Å². The number of anilines is 1. The number of hydrogen-bond acceptors (Lipinski definition) is 5. The summed E-state index contributed by atoms with van der Waals surface area (Å²) in [6.45, 7) is 5.72. The summed E-state index contributed by atoms with van der Waals surface area (Å²) in [5, 5.41) is 18.4. The van der Waals surface area contributed by atoms with Crippen LogP contribution in [0.3, 0.4) is 0 Å². The van der Waals surface area contributed by atoms with Gasteiger partial charge in [-0.25, -0.2) is 9.88 Å². The van der Waals surface area contributed by atoms with Gasteiger partial charge in [0, 0.05) is 23.3 Å². The smallest absolute Gasteiger partial charge is 0.293 e. The number of thioether (sulfide) groups is 1. The molecule has 4 rings (SSSR count). The maximum Gasteiger partial charge on any atom is 0.293 e. The van der Waals surface area contributed by atoms with E-state index in [0.717, 1.165) is 36.1 Å². The summed E-state index contributed by atoms with van der Waals surface area (Å²) >= 11 is 1.49. The molecule has 2 aromatic carbocycles. The fourth-order valence-corrected chi connectivity index (χ4v) is 4.83. The molecule has 0 saturated carbocycles. The highest BCUT2D eigenvalue weighted by Crippen LogP contribution is 2.41. The summed E-state index contributed by atoms with van der Waals surface area (Å²) in [6.07, 6.45) is 2.76. The molecule has 0 bridgehead atoms. The SMILES string of the molecule is CCCCCSc1nc([O-])c2[n+](n1)C(c1ccccc1C)N(C(C)=O)c1ccccc1-2. The van der Waals surface area contributed by atoms with E-state index < -0.39 is 6.17 Å². The molecule has 0 spiro atoms. The lowest BCUT2D eigenvalue weighted by molar-refractivity contribution is -0.764. The molecule has 1 unspecified atom stereocenters. The monoisotopic (exact) mass is 434 g/mol. The summed E-state index contributed by atoms with van der Waals surface area (Å²) < 4.78 is 1.70. The number of hydrogen-bond donors (Lipinski definition) is 0. The van der Waals surface area contributed by atoms with Crippen LogP contribution in [0.2, 0.25) is 0 Å². The minimum absolute atomic E-state index is 0.109. The third-order valence-electron chi connectivity index (χ3n) is 5.50. The number of amides is 1. The first-order valence-electron chi connectivity index (χ1n) is 10.6. The van der Waals surface area contributed by atoms with Crippen LogP contribution in [-0.2, 0) is 4.79 Å². The third-order valence-corrected chi connectivity index (χ3v) is 6.43. The van der Waals surface area contributed by atoms with Crippen LogP contribution in [0, 0.1) is 6.92 Å². The number of aromatic nitrogens is 3. The lowest BCUT2D eigenvalue weighted by atomic mass is 9.99. The predicted octanol–water partition coefficient (Wildman–Crippen LogP) is 4.01. The Morgan fingerprint density at radius 1 is 1.16 bits per heavy atom. The molecule has 6 nitrogen and oxygen atoms in total. The van der Waals surface area contributed by atoms with Crippen molar-refractivity contribution in [2.24, 2.45) is 0 Å². The molecule has 31 heavy (non-hydrogen) atoms. The topological polar surface area (TPSA) is 73.0 Å². The predicted molar refractivity (Wildman–Crippen MR) is 120 cm³/mol. The van der Waals surface area contributed by atoms with E-state index in [1.807, 2.05) is 55.5 Å². The van der Waals surface area contributed by atoms with Gasteiger partial charge in [0.05, 0.1) is 17.1 Å². The van der Waals surface area contributed by atoms with Gasteiger partial charge in [0.25, 0.3) is 17.0 Å². The average molecular weight is 435 g/mol. The van der Waals surface area contributed by atoms with Crippen molar-refractivity contribution in [3.05, 3.63) is 59.7 Å². The summed E-state index contributed by atoms with van der Waals surface area (Å²) in [7, 11) is 0. The van der Waals surface area contributed by atoms with Crippen LogP contribution < -0.4 is 14.7 Å². The second-order valence-electron chi connectivity index (χ2n) is 7.68. The van der Waals surface area contributed by atoms with E-state index in [9.17, 15) is 9.90 Å². The molecule has 0 aliphatic carbocycles. The standard InChI is InChI=1S/C24H26N4O2S/c1-4-5-10-15-31-24-25-22(30)21-19-13-8-9-14-20(19)27(17(3)29)23(28(21)26-24)18-12-7-6-11-16(18)2/h6-9,11-14,23H,4-5,10,15H2,1-3H3. The molecule has 0 N–H and O–H groups in total. The first-order chi connectivity index (χ1) is 15.0. The van der Waals surface area contributed by atoms with E-state index in [4.69, 9.17) is 5.10 Å². The summed E-state index contributed by atoms with van der Waals surface area (Å²) in [5.74, 6) is 0.429. The van der Waals surface area contributed by atoms with E-state index in [1.54, 1.807) is 16.5 Å². The number of carbonyl (C=O) groups excluding carboxylic acids is 1. The van der Waals surface area contributed by atoms with Crippen LogP contribution in [0.1, 0.15) is 50.4 Å². The second-order valence-corrected chi connectivity index (χ2v) is 8.75. The lowest BCUT2D eigenvalue weighted by Gasteiger charge is -2.33. The highest BCUT2D eigenvalue weighted by Gasteiger charge is 2.44. The van der Waals surface area contributed by atoms with Crippen molar-refractivity contribution in [3.63, 3.8) is 0 Å². The zero-order valence-corrected chi connectivity index (χ0v) is 18.9. The van der Waals surface area contributed by atoms with Crippen LogP contribution in [0.5, 0.6) is 5.88 Å². The first-order valence-corrected chi connectivity index (χ1v) is 11.6. The summed E-state index contributed by atoms with van der Waals surface area (Å²) in [6, 6.07) is 15.4. The molecule has 1 atom stereocenters. The Morgan fingerprint density at radius 2 is 1.90 bits per heavy atom. The van der Waals surface area contributed by atoms with E-state index >= 15 is 0 Å². The van der Waals surface area contributed by atoms with E-state index in [2.05, 4.69) is 11.9 Å². The number of para-hydroxylation sites is 1. The molecule has 1 aromatic heterocycles. The molecule has 1 amide bonds. The molecule has 1 aliphatic rings. The van der Waals surface area contributed by atoms with E-state index in [-0.39, 0.29) is 11.8 Å². The van der Waals surface area contributed by atoms with Crippen LogP contribution in [0.15, 0.2) is 53.7 Å². The maximum absolute atomic E-state index is 13.2. The Labute approximate surface area is 187 Å². The van der Waals surface area contributed by atoms with Gasteiger partial charge >= 0.3 is 0 Å². The van der Waals surface area contributed by atoms with Gasteiger partial charge in [0.2, 0.25) is 5.91 Å². The van der Waals surface area contributed by atoms with Crippen molar-refractivity contribution in [3.8, 4) is 17.1 Å². The molecule has 2 heterocycles. The Hall–Kier alpha value is -2.93. The third kappa shape index (κ3) is 4.02. The van der Waals surface area contributed by atoms with Crippen molar-refractivity contribution in [1.82, 2.24) is 10.1 Å². The summed E-state index contributed by atoms with van der Waals surface area (Å²) in [5.41, 5.74) is 3.75. The molecule has 3 aromatic rings. The van der Waals surface area contributed by atoms with Gasteiger partial charge in [-0.2, -0.15) is 0 Å². The van der Waals surface area contributed by atoms with Gasteiger partial charge in [-0.15, -0.1) is 0 Å². The highest BCUT2D eigenvalue weighted by molar-refractivity contribution is 7.99. The van der Waals surface area contributed by atoms with Crippen molar-refractivity contribution >= 4 is 23.4 Å². The highest BCUT2D eigenvalue weighted by atomic mass is 32.2. The number of benzene rings is 2. The number of unbranched alkanes of at least 4 members (excludes halogenated alkanes) is 2. The normalized spacial score (nSPS) is 14.8. The molecule has 160 valence electrons. The zero-order valence-electron chi connectivity index (χ0n) is 18.0. The lowest BCUT2D eigenvalue weighted by Crippen LogP contribution is -2.59. The second kappa shape index (κ2) is 9.06. The number of carbonyl (C=O) groups is 1. The Balaban J connectivity index is 1.92. The van der Waals surface area contributed by atoms with Crippen molar-refractivity contribution in [1.29, 1.82) is 0 Å². The average Bonchev–Trinajstić information content (AvgIpc) is 2.76. The van der Waals surface area contributed by atoms with Crippen LogP contribution >= 0.6 is 11.8 Å². The Bertz CT molecular complexity index is 1120. The van der Waals surface area contributed by atoms with Gasteiger partial charge in [0.1, 0.15) is 0 Å². The van der Waals surface area contributed by atoms with Crippen molar-refractivity contribution < 1.29 is 14.6 Å². The number of rotatable bonds is 6. The molecule has 0 saturated heterocycles. The minimum atomic E-state index is -0.547.